The summed E-state index contributed by atoms with van der Waals surface area (Å²) in [6, 6.07) is 6.23. The van der Waals surface area contributed by atoms with Gasteiger partial charge in [0, 0.05) is 27.2 Å². The van der Waals surface area contributed by atoms with E-state index >= 15 is 0 Å². The number of nitrogens with one attached hydrogen (secondary N) is 2. The quantitative estimate of drug-likeness (QED) is 0.531. The molecule has 1 aromatic rings. The van der Waals surface area contributed by atoms with Crippen molar-refractivity contribution >= 4 is 11.9 Å². The Balaban J connectivity index is 2.02. The highest BCUT2D eigenvalue weighted by Crippen LogP contribution is 2.39. The minimum atomic E-state index is -0.342. The zero-order valence-corrected chi connectivity index (χ0v) is 18.1. The number of methoxy groups -OCH3 is 1. The summed E-state index contributed by atoms with van der Waals surface area (Å²) < 4.78 is 5.47. The van der Waals surface area contributed by atoms with Crippen LogP contribution in [0.2, 0.25) is 0 Å². The fourth-order valence-electron chi connectivity index (χ4n) is 3.96. The summed E-state index contributed by atoms with van der Waals surface area (Å²) in [6.07, 6.45) is 4.90. The van der Waals surface area contributed by atoms with Crippen molar-refractivity contribution in [3.63, 3.8) is 0 Å². The maximum atomic E-state index is 12.7. The summed E-state index contributed by atoms with van der Waals surface area (Å²) >= 11 is 0. The Kier molecular flexibility index (Phi) is 8.15. The SMILES string of the molecule is CCNC(=NCC1(C(=O)N(C)C)CCCC1)NCCc1cc(C)ccc1OC. The minimum absolute atomic E-state index is 0.203. The Hall–Kier alpha value is -2.24. The Morgan fingerprint density at radius 3 is 2.57 bits per heavy atom. The molecule has 2 rings (SSSR count). The smallest absolute Gasteiger partial charge is 0.230 e. The van der Waals surface area contributed by atoms with Crippen LogP contribution in [0.1, 0.15) is 43.7 Å². The van der Waals surface area contributed by atoms with Crippen molar-refractivity contribution in [1.29, 1.82) is 0 Å². The van der Waals surface area contributed by atoms with Crippen LogP contribution in [-0.4, -0.2) is 57.6 Å². The first-order valence-corrected chi connectivity index (χ1v) is 10.3. The number of aliphatic imine (C=N–C) groups is 1. The minimum Gasteiger partial charge on any atom is -0.496 e. The monoisotopic (exact) mass is 388 g/mol. The highest BCUT2D eigenvalue weighted by atomic mass is 16.5. The van der Waals surface area contributed by atoms with Gasteiger partial charge in [0.2, 0.25) is 5.91 Å². The molecule has 6 nitrogen and oxygen atoms in total. The third-order valence-corrected chi connectivity index (χ3v) is 5.43. The topological polar surface area (TPSA) is 66.0 Å². The third kappa shape index (κ3) is 5.63. The first-order chi connectivity index (χ1) is 13.4. The molecule has 0 bridgehead atoms. The van der Waals surface area contributed by atoms with E-state index in [0.29, 0.717) is 6.54 Å². The molecule has 156 valence electrons. The summed E-state index contributed by atoms with van der Waals surface area (Å²) in [4.78, 5) is 19.2. The number of ether oxygens (including phenoxy) is 1. The van der Waals surface area contributed by atoms with Crippen LogP contribution in [-0.2, 0) is 11.2 Å². The zero-order chi connectivity index (χ0) is 20.6. The van der Waals surface area contributed by atoms with Gasteiger partial charge >= 0.3 is 0 Å². The summed E-state index contributed by atoms with van der Waals surface area (Å²) in [5, 5.41) is 6.71. The summed E-state index contributed by atoms with van der Waals surface area (Å²) in [7, 11) is 5.38. The number of aryl methyl sites for hydroxylation is 1. The standard InChI is InChI=1S/C22H36N4O2/c1-6-23-21(24-14-11-18-15-17(2)9-10-19(18)28-5)25-16-22(12-7-8-13-22)20(27)26(3)4/h9-10,15H,6-8,11-14,16H2,1-5H3,(H2,23,24,25). The lowest BCUT2D eigenvalue weighted by atomic mass is 9.85. The van der Waals surface area contributed by atoms with E-state index in [1.807, 2.05) is 20.2 Å². The molecule has 1 aliphatic rings. The molecular formula is C22H36N4O2. The van der Waals surface area contributed by atoms with Gasteiger partial charge in [0.15, 0.2) is 5.96 Å². The van der Waals surface area contributed by atoms with Crippen LogP contribution in [0.3, 0.4) is 0 Å². The van der Waals surface area contributed by atoms with E-state index in [4.69, 9.17) is 9.73 Å². The van der Waals surface area contributed by atoms with E-state index in [0.717, 1.165) is 56.9 Å². The van der Waals surface area contributed by atoms with Gasteiger partial charge in [-0.05, 0) is 44.7 Å². The fraction of sp³-hybridized carbons (Fsp3) is 0.636. The fourth-order valence-corrected chi connectivity index (χ4v) is 3.96. The second kappa shape index (κ2) is 10.3. The van der Waals surface area contributed by atoms with E-state index < -0.39 is 0 Å². The number of carbonyl (C=O) groups excluding carboxylic acids is 1. The van der Waals surface area contributed by atoms with Gasteiger partial charge in [0.1, 0.15) is 5.75 Å². The molecule has 0 aromatic heterocycles. The normalized spacial score (nSPS) is 16.0. The van der Waals surface area contributed by atoms with Gasteiger partial charge in [-0.2, -0.15) is 0 Å². The van der Waals surface area contributed by atoms with Crippen molar-refractivity contribution in [3.8, 4) is 5.75 Å². The van der Waals surface area contributed by atoms with Crippen LogP contribution in [0.4, 0.5) is 0 Å². The first-order valence-electron chi connectivity index (χ1n) is 10.3. The molecule has 28 heavy (non-hydrogen) atoms. The van der Waals surface area contributed by atoms with Crippen molar-refractivity contribution in [2.75, 3.05) is 40.8 Å². The van der Waals surface area contributed by atoms with Crippen LogP contribution >= 0.6 is 0 Å². The molecule has 0 radical (unpaired) electrons. The van der Waals surface area contributed by atoms with Gasteiger partial charge < -0.3 is 20.3 Å². The van der Waals surface area contributed by atoms with Crippen molar-refractivity contribution in [2.45, 2.75) is 46.0 Å². The molecule has 0 unspecified atom stereocenters. The number of carbonyl (C=O) groups is 1. The molecule has 0 aliphatic heterocycles. The summed E-state index contributed by atoms with van der Waals surface area (Å²) in [5.74, 6) is 1.89. The molecular weight excluding hydrogens is 352 g/mol. The van der Waals surface area contributed by atoms with E-state index in [1.165, 1.54) is 11.1 Å². The molecule has 0 saturated heterocycles. The first kappa shape index (κ1) is 22.1. The van der Waals surface area contributed by atoms with Crippen molar-refractivity contribution in [1.82, 2.24) is 15.5 Å². The average molecular weight is 389 g/mol. The number of guanidine groups is 1. The molecule has 6 heteroatoms. The molecule has 1 amide bonds. The van der Waals surface area contributed by atoms with Crippen LogP contribution in [0.25, 0.3) is 0 Å². The van der Waals surface area contributed by atoms with Gasteiger partial charge in [-0.3, -0.25) is 9.79 Å². The highest BCUT2D eigenvalue weighted by molar-refractivity contribution is 5.84. The Bertz CT molecular complexity index is 679. The lowest BCUT2D eigenvalue weighted by Gasteiger charge is -2.29. The van der Waals surface area contributed by atoms with Crippen molar-refractivity contribution in [2.24, 2.45) is 10.4 Å². The molecule has 2 N–H and O–H groups in total. The Morgan fingerprint density at radius 2 is 1.96 bits per heavy atom. The Morgan fingerprint density at radius 1 is 1.25 bits per heavy atom. The number of amides is 1. The molecule has 1 saturated carbocycles. The van der Waals surface area contributed by atoms with Crippen LogP contribution in [0.15, 0.2) is 23.2 Å². The van der Waals surface area contributed by atoms with Gasteiger partial charge in [0.05, 0.1) is 19.1 Å². The van der Waals surface area contributed by atoms with Gasteiger partial charge in [-0.25, -0.2) is 0 Å². The van der Waals surface area contributed by atoms with Gasteiger partial charge in [0.25, 0.3) is 0 Å². The van der Waals surface area contributed by atoms with Crippen LogP contribution < -0.4 is 15.4 Å². The van der Waals surface area contributed by atoms with Crippen molar-refractivity contribution < 1.29 is 9.53 Å². The number of benzene rings is 1. The number of hydrogen-bond acceptors (Lipinski definition) is 3. The molecule has 0 heterocycles. The molecule has 0 atom stereocenters. The van der Waals surface area contributed by atoms with Gasteiger partial charge in [-0.1, -0.05) is 30.5 Å². The third-order valence-electron chi connectivity index (χ3n) is 5.43. The lowest BCUT2D eigenvalue weighted by Crippen LogP contribution is -2.43. The van der Waals surface area contributed by atoms with E-state index in [1.54, 1.807) is 12.0 Å². The Labute approximate surface area is 169 Å². The van der Waals surface area contributed by atoms with E-state index in [2.05, 4.69) is 36.6 Å². The highest BCUT2D eigenvalue weighted by Gasteiger charge is 2.42. The second-order valence-corrected chi connectivity index (χ2v) is 7.87. The second-order valence-electron chi connectivity index (χ2n) is 7.87. The lowest BCUT2D eigenvalue weighted by molar-refractivity contribution is -0.138. The molecule has 1 fully saturated rings. The number of nitrogens with zero attached hydrogens (tertiary/aromatic N) is 2. The summed E-state index contributed by atoms with van der Waals surface area (Å²) in [6.45, 7) is 6.21. The van der Waals surface area contributed by atoms with Gasteiger partial charge in [-0.15, -0.1) is 0 Å². The summed E-state index contributed by atoms with van der Waals surface area (Å²) in [5.41, 5.74) is 2.06. The van der Waals surface area contributed by atoms with Crippen molar-refractivity contribution in [3.05, 3.63) is 29.3 Å². The predicted octanol–water partition coefficient (Wildman–Crippen LogP) is 2.75. The number of hydrogen-bond donors (Lipinski definition) is 2. The predicted molar refractivity (Wildman–Crippen MR) is 115 cm³/mol. The molecule has 1 aliphatic carbocycles. The maximum absolute atomic E-state index is 12.7. The average Bonchev–Trinajstić information content (AvgIpc) is 3.15. The van der Waals surface area contributed by atoms with E-state index in [9.17, 15) is 4.79 Å². The molecule has 0 spiro atoms. The number of rotatable bonds is 8. The van der Waals surface area contributed by atoms with E-state index in [-0.39, 0.29) is 11.3 Å². The maximum Gasteiger partial charge on any atom is 0.230 e. The zero-order valence-electron chi connectivity index (χ0n) is 18.1. The largest absolute Gasteiger partial charge is 0.496 e. The molecule has 1 aromatic carbocycles. The van der Waals surface area contributed by atoms with Crippen LogP contribution in [0.5, 0.6) is 5.75 Å². The van der Waals surface area contributed by atoms with Crippen LogP contribution in [0, 0.1) is 12.3 Å².